The van der Waals surface area contributed by atoms with Crippen molar-refractivity contribution in [2.24, 2.45) is 5.73 Å². The average Bonchev–Trinajstić information content (AvgIpc) is 2.93. The Morgan fingerprint density at radius 3 is 2.52 bits per heavy atom. The van der Waals surface area contributed by atoms with Crippen LogP contribution in [0.4, 0.5) is 9.18 Å². The Balaban J connectivity index is 2.33. The van der Waals surface area contributed by atoms with E-state index in [9.17, 15) is 9.18 Å². The molecule has 1 aromatic carbocycles. The maximum absolute atomic E-state index is 14.2. The zero-order valence-electron chi connectivity index (χ0n) is 17.1. The van der Waals surface area contributed by atoms with Crippen LogP contribution in [0.1, 0.15) is 62.9 Å². The van der Waals surface area contributed by atoms with E-state index in [1.165, 1.54) is 10.6 Å². The highest BCUT2D eigenvalue weighted by atomic mass is 35.5. The summed E-state index contributed by atoms with van der Waals surface area (Å²) in [5, 5.41) is 4.84. The highest BCUT2D eigenvalue weighted by Gasteiger charge is 2.30. The molecular weight excluding hydrogens is 395 g/mol. The fourth-order valence-corrected chi connectivity index (χ4v) is 3.87. The van der Waals surface area contributed by atoms with Crippen molar-refractivity contribution < 1.29 is 13.9 Å². The van der Waals surface area contributed by atoms with Crippen LogP contribution in [0.2, 0.25) is 5.15 Å². The second-order valence-electron chi connectivity index (χ2n) is 8.27. The molecule has 3 rings (SSSR count). The van der Waals surface area contributed by atoms with Gasteiger partial charge in [-0.2, -0.15) is 9.61 Å². The Hall–Kier alpha value is -2.67. The first-order valence-corrected chi connectivity index (χ1v) is 9.70. The lowest BCUT2D eigenvalue weighted by atomic mass is 9.88. The summed E-state index contributed by atoms with van der Waals surface area (Å²) < 4.78 is 21.0. The fraction of sp³-hybridized carbons (Fsp3) is 0.381. The summed E-state index contributed by atoms with van der Waals surface area (Å²) in [6, 6.07) is 6.54. The Morgan fingerprint density at radius 1 is 1.31 bits per heavy atom. The van der Waals surface area contributed by atoms with Crippen LogP contribution in [0.3, 0.4) is 0 Å². The molecule has 154 valence electrons. The van der Waals surface area contributed by atoms with Gasteiger partial charge in [-0.15, -0.1) is 0 Å². The second kappa shape index (κ2) is 7.63. The molecule has 0 aliphatic carbocycles. The Morgan fingerprint density at radius 2 is 1.97 bits per heavy atom. The van der Waals surface area contributed by atoms with Gasteiger partial charge < -0.3 is 10.5 Å². The molecule has 3 aromatic rings. The third-order valence-corrected chi connectivity index (χ3v) is 4.90. The first-order chi connectivity index (χ1) is 13.5. The van der Waals surface area contributed by atoms with Gasteiger partial charge in [0.15, 0.2) is 5.65 Å². The summed E-state index contributed by atoms with van der Waals surface area (Å²) in [5.41, 5.74) is 7.75. The maximum atomic E-state index is 14.2. The van der Waals surface area contributed by atoms with Gasteiger partial charge in [-0.1, -0.05) is 64.4 Å². The monoisotopic (exact) mass is 418 g/mol. The minimum atomic E-state index is -0.976. The van der Waals surface area contributed by atoms with Gasteiger partial charge in [0.2, 0.25) is 5.88 Å². The number of benzene rings is 1. The van der Waals surface area contributed by atoms with Crippen molar-refractivity contribution in [3.8, 4) is 5.88 Å². The largest absolute Gasteiger partial charge is 0.411 e. The van der Waals surface area contributed by atoms with Crippen molar-refractivity contribution in [3.05, 3.63) is 57.6 Å². The highest BCUT2D eigenvalue weighted by molar-refractivity contribution is 6.30. The third kappa shape index (κ3) is 4.05. The van der Waals surface area contributed by atoms with Gasteiger partial charge in [0, 0.05) is 12.0 Å². The predicted octanol–water partition coefficient (Wildman–Crippen LogP) is 4.99. The van der Waals surface area contributed by atoms with Crippen molar-refractivity contribution in [1.29, 1.82) is 0 Å². The quantitative estimate of drug-likeness (QED) is 0.605. The van der Waals surface area contributed by atoms with E-state index in [1.807, 2.05) is 34.6 Å². The molecule has 0 saturated carbocycles. The molecule has 1 amide bonds. The standard InChI is InChI=1S/C21H24ClFN4O2/c1-11(2)15-14(10-12-8-6-7-9-13(12)23)26-27-18(15)25-17(22)16(21(3,4)5)19(27)29-20(24)28/h6-9,11H,10H2,1-5H3,(H2,24,28). The number of halogens is 2. The van der Waals surface area contributed by atoms with Gasteiger partial charge in [-0.25, -0.2) is 14.2 Å². The summed E-state index contributed by atoms with van der Waals surface area (Å²) in [4.78, 5) is 16.2. The molecule has 0 aliphatic heterocycles. The Labute approximate surface area is 173 Å². The van der Waals surface area contributed by atoms with Crippen molar-refractivity contribution in [2.75, 3.05) is 0 Å². The number of carbonyl (C=O) groups is 1. The number of nitrogens with two attached hydrogens (primary N) is 1. The number of hydrogen-bond donors (Lipinski definition) is 1. The molecule has 6 nitrogen and oxygen atoms in total. The highest BCUT2D eigenvalue weighted by Crippen LogP contribution is 2.39. The van der Waals surface area contributed by atoms with E-state index in [1.54, 1.807) is 18.2 Å². The van der Waals surface area contributed by atoms with E-state index in [0.717, 1.165) is 5.56 Å². The topological polar surface area (TPSA) is 82.5 Å². The van der Waals surface area contributed by atoms with Gasteiger partial charge in [-0.3, -0.25) is 0 Å². The minimum Gasteiger partial charge on any atom is -0.391 e. The van der Waals surface area contributed by atoms with Gasteiger partial charge in [0.05, 0.1) is 11.3 Å². The van der Waals surface area contributed by atoms with Crippen LogP contribution in [-0.2, 0) is 11.8 Å². The van der Waals surface area contributed by atoms with Crippen LogP contribution in [0.5, 0.6) is 5.88 Å². The van der Waals surface area contributed by atoms with E-state index in [-0.39, 0.29) is 29.2 Å². The van der Waals surface area contributed by atoms with Crippen LogP contribution in [0.25, 0.3) is 5.65 Å². The molecule has 0 radical (unpaired) electrons. The van der Waals surface area contributed by atoms with Gasteiger partial charge in [0.25, 0.3) is 0 Å². The normalized spacial score (nSPS) is 12.0. The summed E-state index contributed by atoms with van der Waals surface area (Å²) in [6.45, 7) is 9.74. The minimum absolute atomic E-state index is 0.0276. The number of nitrogens with zero attached hydrogens (tertiary/aromatic N) is 3. The lowest BCUT2D eigenvalue weighted by Gasteiger charge is -2.23. The molecular formula is C21H24ClFN4O2. The summed E-state index contributed by atoms with van der Waals surface area (Å²) >= 11 is 6.50. The first kappa shape index (κ1) is 21.0. The molecule has 2 heterocycles. The molecule has 2 N–H and O–H groups in total. The van der Waals surface area contributed by atoms with E-state index >= 15 is 0 Å². The number of ether oxygens (including phenoxy) is 1. The lowest BCUT2D eigenvalue weighted by Crippen LogP contribution is -2.23. The van der Waals surface area contributed by atoms with Crippen molar-refractivity contribution in [1.82, 2.24) is 14.6 Å². The zero-order valence-corrected chi connectivity index (χ0v) is 17.8. The van der Waals surface area contributed by atoms with Crippen LogP contribution in [0, 0.1) is 5.82 Å². The van der Waals surface area contributed by atoms with E-state index in [2.05, 4.69) is 10.1 Å². The lowest BCUT2D eigenvalue weighted by molar-refractivity contribution is 0.206. The van der Waals surface area contributed by atoms with E-state index in [4.69, 9.17) is 22.1 Å². The van der Waals surface area contributed by atoms with Gasteiger partial charge in [-0.05, 0) is 23.0 Å². The molecule has 0 saturated heterocycles. The smallest absolute Gasteiger partial charge is 0.391 e. The predicted molar refractivity (Wildman–Crippen MR) is 110 cm³/mol. The fourth-order valence-electron chi connectivity index (χ4n) is 3.42. The number of rotatable bonds is 4. The summed E-state index contributed by atoms with van der Waals surface area (Å²) in [5.74, 6) is -0.157. The summed E-state index contributed by atoms with van der Waals surface area (Å²) in [7, 11) is 0. The van der Waals surface area contributed by atoms with E-state index < -0.39 is 11.5 Å². The molecule has 0 aliphatic rings. The van der Waals surface area contributed by atoms with Gasteiger partial charge >= 0.3 is 6.09 Å². The molecule has 0 bridgehead atoms. The van der Waals surface area contributed by atoms with Crippen LogP contribution >= 0.6 is 11.6 Å². The molecule has 0 atom stereocenters. The Bertz CT molecular complexity index is 1090. The van der Waals surface area contributed by atoms with Gasteiger partial charge in [0.1, 0.15) is 11.0 Å². The van der Waals surface area contributed by atoms with E-state index in [0.29, 0.717) is 22.5 Å². The second-order valence-corrected chi connectivity index (χ2v) is 8.63. The molecule has 0 fully saturated rings. The van der Waals surface area contributed by atoms with Crippen LogP contribution in [0.15, 0.2) is 24.3 Å². The number of amides is 1. The number of hydrogen-bond acceptors (Lipinski definition) is 4. The maximum Gasteiger partial charge on any atom is 0.411 e. The van der Waals surface area contributed by atoms with Crippen molar-refractivity contribution >= 4 is 23.3 Å². The average molecular weight is 419 g/mol. The molecule has 8 heteroatoms. The third-order valence-electron chi connectivity index (χ3n) is 4.63. The molecule has 29 heavy (non-hydrogen) atoms. The van der Waals surface area contributed by atoms with Crippen molar-refractivity contribution in [2.45, 2.75) is 52.4 Å². The first-order valence-electron chi connectivity index (χ1n) is 9.32. The SMILES string of the molecule is CC(C)c1c(Cc2ccccc2F)nn2c(OC(N)=O)c(C(C)(C)C)c(Cl)nc12. The summed E-state index contributed by atoms with van der Waals surface area (Å²) in [6.07, 6.45) is -0.710. The number of aromatic nitrogens is 3. The number of carbonyl (C=O) groups excluding carboxylic acids is 1. The number of fused-ring (bicyclic) bond motifs is 1. The Kier molecular flexibility index (Phi) is 5.54. The van der Waals surface area contributed by atoms with Crippen LogP contribution in [-0.4, -0.2) is 20.7 Å². The zero-order chi connectivity index (χ0) is 21.5. The molecule has 0 unspecified atom stereocenters. The van der Waals surface area contributed by atoms with Crippen LogP contribution < -0.4 is 10.5 Å². The number of primary amides is 1. The molecule has 2 aromatic heterocycles. The molecule has 0 spiro atoms. The van der Waals surface area contributed by atoms with Crippen molar-refractivity contribution in [3.63, 3.8) is 0 Å².